The van der Waals surface area contributed by atoms with Gasteiger partial charge < -0.3 is 24.3 Å². The third-order valence-electron chi connectivity index (χ3n) is 7.15. The number of benzene rings is 2. The van der Waals surface area contributed by atoms with E-state index in [1.54, 1.807) is 50.6 Å². The normalized spacial score (nSPS) is 12.8. The second-order valence-corrected chi connectivity index (χ2v) is 10.7. The predicted molar refractivity (Wildman–Crippen MR) is 164 cm³/mol. The highest BCUT2D eigenvalue weighted by Gasteiger charge is 2.23. The van der Waals surface area contributed by atoms with E-state index in [9.17, 15) is 28.0 Å². The van der Waals surface area contributed by atoms with E-state index in [1.165, 1.54) is 28.7 Å². The van der Waals surface area contributed by atoms with Crippen molar-refractivity contribution in [3.63, 3.8) is 0 Å². The molecule has 1 aliphatic rings. The first-order valence-corrected chi connectivity index (χ1v) is 14.2. The number of carbonyl (C=O) groups is 3. The molecule has 45 heavy (non-hydrogen) atoms. The van der Waals surface area contributed by atoms with Crippen LogP contribution in [0.4, 0.5) is 19.3 Å². The quantitative estimate of drug-likeness (QED) is 0.285. The predicted octanol–water partition coefficient (Wildman–Crippen LogP) is 4.30. The van der Waals surface area contributed by atoms with Crippen LogP contribution in [0.25, 0.3) is 0 Å². The molecule has 0 spiro atoms. The molecule has 0 fully saturated rings. The molecule has 1 N–H and O–H groups in total. The van der Waals surface area contributed by atoms with E-state index >= 15 is 0 Å². The summed E-state index contributed by atoms with van der Waals surface area (Å²) in [5, 5.41) is 2.51. The molecule has 3 aromatic rings. The van der Waals surface area contributed by atoms with Gasteiger partial charge in [-0.2, -0.15) is 0 Å². The van der Waals surface area contributed by atoms with E-state index in [0.717, 1.165) is 17.7 Å². The van der Waals surface area contributed by atoms with Crippen molar-refractivity contribution in [2.45, 2.75) is 44.9 Å². The number of fused-ring (bicyclic) bond motifs is 1. The Balaban J connectivity index is 1.44. The minimum absolute atomic E-state index is 0.112. The van der Waals surface area contributed by atoms with Crippen molar-refractivity contribution < 1.29 is 32.6 Å². The van der Waals surface area contributed by atoms with Gasteiger partial charge in [0.05, 0.1) is 19.7 Å². The number of Topliss-reactive ketones (excluding diaryl/α,β-unsaturated/α-hetero) is 1. The van der Waals surface area contributed by atoms with Crippen LogP contribution in [0, 0.1) is 11.6 Å². The topological polar surface area (TPSA) is 119 Å². The van der Waals surface area contributed by atoms with Crippen molar-refractivity contribution in [2.24, 2.45) is 4.99 Å². The third kappa shape index (κ3) is 8.71. The molecule has 2 heterocycles. The van der Waals surface area contributed by atoms with Crippen molar-refractivity contribution in [3.8, 4) is 5.75 Å². The lowest BCUT2D eigenvalue weighted by Crippen LogP contribution is -2.42. The molecule has 0 unspecified atom stereocenters. The zero-order valence-electron chi connectivity index (χ0n) is 25.2. The molecule has 1 aromatic heterocycles. The Hall–Kier alpha value is -5.13. The van der Waals surface area contributed by atoms with Crippen LogP contribution in [0.2, 0.25) is 0 Å². The number of likely N-dealkylation sites (N-methyl/N-ethyl adjacent to an activating group) is 1. The van der Waals surface area contributed by atoms with Crippen LogP contribution >= 0.6 is 0 Å². The standard InChI is InChI=1S/C33H34F2N4O6/c1-38(2)30(41)12-5-4-10-27(37-33(43)44-3)28(40)17-22-9-7-15-39(32(22)42)19-25-16-21-8-6-11-29(31(21)36-25)45-20-23-13-14-24(34)18-26(23)35/h5-9,11-15,18,27H,4,10,16-17,19-20H2,1-3H3,(H,37,43)/b12-5+/t27-/m0/s1. The number of carbonyl (C=O) groups excluding carboxylic acids is 3. The summed E-state index contributed by atoms with van der Waals surface area (Å²) in [6, 6.07) is 11.0. The average Bonchev–Trinajstić information content (AvgIpc) is 3.43. The van der Waals surface area contributed by atoms with Crippen LogP contribution in [0.3, 0.4) is 0 Å². The van der Waals surface area contributed by atoms with Gasteiger partial charge in [-0.15, -0.1) is 0 Å². The van der Waals surface area contributed by atoms with Gasteiger partial charge in [0, 0.05) is 56.0 Å². The smallest absolute Gasteiger partial charge is 0.407 e. The van der Waals surface area contributed by atoms with Gasteiger partial charge in [0.1, 0.15) is 29.7 Å². The average molecular weight is 621 g/mol. The zero-order valence-corrected chi connectivity index (χ0v) is 25.2. The lowest BCUT2D eigenvalue weighted by atomic mass is 10.0. The van der Waals surface area contributed by atoms with Gasteiger partial charge in [0.15, 0.2) is 5.78 Å². The summed E-state index contributed by atoms with van der Waals surface area (Å²) in [5.41, 5.74) is 2.21. The zero-order chi connectivity index (χ0) is 32.5. The first-order valence-electron chi connectivity index (χ1n) is 14.2. The largest absolute Gasteiger partial charge is 0.487 e. The molecular formula is C33H34F2N4O6. The minimum atomic E-state index is -0.930. The fourth-order valence-corrected chi connectivity index (χ4v) is 4.72. The highest BCUT2D eigenvalue weighted by Crippen LogP contribution is 2.37. The lowest BCUT2D eigenvalue weighted by Gasteiger charge is -2.16. The Kier molecular flexibility index (Phi) is 11.0. The maximum absolute atomic E-state index is 14.1. The number of nitrogens with one attached hydrogen (secondary N) is 1. The van der Waals surface area contributed by atoms with Gasteiger partial charge in [0.25, 0.3) is 5.56 Å². The van der Waals surface area contributed by atoms with Gasteiger partial charge in [0.2, 0.25) is 5.91 Å². The molecular weight excluding hydrogens is 586 g/mol. The molecule has 2 aromatic carbocycles. The lowest BCUT2D eigenvalue weighted by molar-refractivity contribution is -0.123. The summed E-state index contributed by atoms with van der Waals surface area (Å²) in [7, 11) is 4.43. The maximum Gasteiger partial charge on any atom is 0.407 e. The fourth-order valence-electron chi connectivity index (χ4n) is 4.72. The first-order chi connectivity index (χ1) is 21.5. The number of amides is 2. The molecule has 0 saturated heterocycles. The Morgan fingerprint density at radius 3 is 2.64 bits per heavy atom. The molecule has 0 bridgehead atoms. The monoisotopic (exact) mass is 620 g/mol. The van der Waals surface area contributed by atoms with Crippen LogP contribution in [0.15, 0.2) is 76.7 Å². The molecule has 0 radical (unpaired) electrons. The van der Waals surface area contributed by atoms with Crippen molar-refractivity contribution in [3.05, 3.63) is 106 Å². The molecule has 1 aliphatic heterocycles. The van der Waals surface area contributed by atoms with Gasteiger partial charge >= 0.3 is 6.09 Å². The number of methoxy groups -OCH3 is 1. The van der Waals surface area contributed by atoms with Crippen molar-refractivity contribution in [1.82, 2.24) is 14.8 Å². The van der Waals surface area contributed by atoms with Gasteiger partial charge in [-0.25, -0.2) is 13.6 Å². The minimum Gasteiger partial charge on any atom is -0.487 e. The molecule has 2 amide bonds. The molecule has 236 valence electrons. The first kappa shape index (κ1) is 32.8. The van der Waals surface area contributed by atoms with Gasteiger partial charge in [-0.1, -0.05) is 24.3 Å². The number of pyridine rings is 1. The second kappa shape index (κ2) is 15.0. The number of nitrogens with zero attached hydrogens (tertiary/aromatic N) is 3. The Bertz CT molecular complexity index is 1700. The van der Waals surface area contributed by atoms with Crippen molar-refractivity contribution in [2.75, 3.05) is 21.2 Å². The van der Waals surface area contributed by atoms with Crippen LogP contribution in [-0.4, -0.2) is 60.2 Å². The highest BCUT2D eigenvalue weighted by atomic mass is 19.1. The summed E-state index contributed by atoms with van der Waals surface area (Å²) in [4.78, 5) is 56.3. The van der Waals surface area contributed by atoms with Crippen LogP contribution < -0.4 is 15.6 Å². The van der Waals surface area contributed by atoms with E-state index in [0.29, 0.717) is 30.0 Å². The molecule has 10 nitrogen and oxygen atoms in total. The Morgan fingerprint density at radius 1 is 1.11 bits per heavy atom. The number of rotatable bonds is 13. The maximum atomic E-state index is 14.1. The summed E-state index contributed by atoms with van der Waals surface area (Å²) < 4.78 is 39.3. The highest BCUT2D eigenvalue weighted by molar-refractivity contribution is 5.95. The third-order valence-corrected chi connectivity index (χ3v) is 7.15. The number of aromatic nitrogens is 1. The number of hydrogen-bond donors (Lipinski definition) is 1. The Labute approximate surface area is 259 Å². The molecule has 0 saturated carbocycles. The summed E-state index contributed by atoms with van der Waals surface area (Å²) in [5.74, 6) is -1.53. The number of aliphatic imine (C=N–C) groups is 1. The summed E-state index contributed by atoms with van der Waals surface area (Å²) in [6.45, 7) is 0.0510. The second-order valence-electron chi connectivity index (χ2n) is 10.7. The van der Waals surface area contributed by atoms with Crippen LogP contribution in [-0.2, 0) is 40.3 Å². The van der Waals surface area contributed by atoms with Crippen LogP contribution in [0.1, 0.15) is 29.5 Å². The van der Waals surface area contributed by atoms with Crippen molar-refractivity contribution in [1.29, 1.82) is 0 Å². The van der Waals surface area contributed by atoms with Crippen LogP contribution in [0.5, 0.6) is 5.75 Å². The number of ether oxygens (including phenoxy) is 2. The van der Waals surface area contributed by atoms with E-state index in [4.69, 9.17) is 4.74 Å². The van der Waals surface area contributed by atoms with E-state index in [2.05, 4.69) is 15.0 Å². The van der Waals surface area contributed by atoms with E-state index in [1.807, 2.05) is 6.07 Å². The Morgan fingerprint density at radius 2 is 1.91 bits per heavy atom. The summed E-state index contributed by atoms with van der Waals surface area (Å²) in [6.07, 6.45) is 4.62. The van der Waals surface area contributed by atoms with Gasteiger partial charge in [-0.3, -0.25) is 19.4 Å². The molecule has 12 heteroatoms. The molecule has 0 aliphatic carbocycles. The van der Waals surface area contributed by atoms with E-state index < -0.39 is 23.8 Å². The summed E-state index contributed by atoms with van der Waals surface area (Å²) >= 11 is 0. The number of halogens is 2. The molecule has 4 rings (SSSR count). The van der Waals surface area contributed by atoms with Crippen molar-refractivity contribution >= 4 is 29.2 Å². The molecule has 1 atom stereocenters. The number of alkyl carbamates (subject to hydrolysis) is 1. The number of ketones is 1. The number of allylic oxidation sites excluding steroid dienone is 1. The van der Waals surface area contributed by atoms with E-state index in [-0.39, 0.29) is 54.4 Å². The van der Waals surface area contributed by atoms with Gasteiger partial charge in [-0.05, 0) is 48.7 Å². The fraction of sp³-hybridized carbons (Fsp3) is 0.303. The number of hydrogen-bond acceptors (Lipinski definition) is 7. The number of para-hydroxylation sites is 1. The SMILES string of the molecule is COC(=O)N[C@@H](CC/C=C/C(=O)N(C)C)C(=O)Cc1cccn(CC2=Nc3c(cccc3OCc3ccc(F)cc3F)C2)c1=O.